The van der Waals surface area contributed by atoms with Gasteiger partial charge in [-0.1, -0.05) is 26.7 Å². The van der Waals surface area contributed by atoms with E-state index >= 15 is 0 Å². The van der Waals surface area contributed by atoms with E-state index in [4.69, 9.17) is 16.3 Å². The Morgan fingerprint density at radius 2 is 2.21 bits per heavy atom. The number of carbonyl (C=O) groups is 1. The molecule has 0 aliphatic heterocycles. The normalized spacial score (nSPS) is 28.3. The Bertz CT molecular complexity index is 422. The van der Waals surface area contributed by atoms with Crippen molar-refractivity contribution < 1.29 is 24.1 Å². The summed E-state index contributed by atoms with van der Waals surface area (Å²) in [6, 6.07) is 0. The highest BCUT2D eigenvalue weighted by Crippen LogP contribution is 2.60. The van der Waals surface area contributed by atoms with Gasteiger partial charge in [0.2, 0.25) is 0 Å². The molecule has 0 aromatic carbocycles. The SMILES string of the molecule is C#CC(OC(O)C1C(C(=O)O)C1(C)C)C(F)=CCC. The number of hydrogen-bond donors (Lipinski definition) is 2. The van der Waals surface area contributed by atoms with E-state index in [1.165, 1.54) is 6.08 Å². The van der Waals surface area contributed by atoms with Crippen molar-refractivity contribution in [2.45, 2.75) is 39.6 Å². The molecule has 4 unspecified atom stereocenters. The fourth-order valence-corrected chi connectivity index (χ4v) is 2.39. The highest BCUT2D eigenvalue weighted by Gasteiger charge is 2.65. The second kappa shape index (κ2) is 5.72. The Morgan fingerprint density at radius 1 is 1.63 bits per heavy atom. The van der Waals surface area contributed by atoms with Gasteiger partial charge in [0, 0.05) is 5.92 Å². The van der Waals surface area contributed by atoms with Gasteiger partial charge in [0.25, 0.3) is 0 Å². The molecule has 0 saturated heterocycles. The van der Waals surface area contributed by atoms with Crippen LogP contribution in [0.3, 0.4) is 0 Å². The van der Waals surface area contributed by atoms with Crippen LogP contribution in [0.25, 0.3) is 0 Å². The number of carboxylic acids is 1. The molecule has 0 heterocycles. The smallest absolute Gasteiger partial charge is 0.307 e. The molecule has 1 fully saturated rings. The molecular formula is C14H19FO4. The third-order valence-electron chi connectivity index (χ3n) is 3.56. The molecule has 2 N–H and O–H groups in total. The molecule has 0 aromatic rings. The number of aliphatic carboxylic acids is 1. The molecule has 1 rings (SSSR count). The lowest BCUT2D eigenvalue weighted by Crippen LogP contribution is -2.25. The van der Waals surface area contributed by atoms with Crippen LogP contribution in [0.5, 0.6) is 0 Å². The van der Waals surface area contributed by atoms with Gasteiger partial charge in [-0.05, 0) is 17.9 Å². The highest BCUT2D eigenvalue weighted by molar-refractivity contribution is 5.75. The molecule has 5 heteroatoms. The Morgan fingerprint density at radius 3 is 2.58 bits per heavy atom. The first-order valence-electron chi connectivity index (χ1n) is 6.15. The zero-order valence-corrected chi connectivity index (χ0v) is 11.3. The van der Waals surface area contributed by atoms with Crippen LogP contribution >= 0.6 is 0 Å². The van der Waals surface area contributed by atoms with Crippen molar-refractivity contribution in [3.8, 4) is 12.3 Å². The fraction of sp³-hybridized carbons (Fsp3) is 0.643. The van der Waals surface area contributed by atoms with E-state index in [1.54, 1.807) is 20.8 Å². The van der Waals surface area contributed by atoms with Gasteiger partial charge in [0.15, 0.2) is 12.4 Å². The number of aliphatic hydroxyl groups excluding tert-OH is 1. The van der Waals surface area contributed by atoms with Crippen molar-refractivity contribution in [3.05, 3.63) is 11.9 Å². The standard InChI is InChI=1S/C14H19FO4/c1-5-7-8(15)9(6-2)19-13(18)11-10(12(16)17)14(11,3)4/h2,7,9-11,13,18H,5H2,1,3-4H3,(H,16,17). The fourth-order valence-electron chi connectivity index (χ4n) is 2.39. The molecule has 0 spiro atoms. The van der Waals surface area contributed by atoms with Crippen LogP contribution in [0, 0.1) is 29.6 Å². The molecule has 106 valence electrons. The minimum absolute atomic E-state index is 0.455. The molecule has 0 bridgehead atoms. The van der Waals surface area contributed by atoms with Gasteiger partial charge in [-0.3, -0.25) is 4.79 Å². The number of ether oxygens (including phenoxy) is 1. The van der Waals surface area contributed by atoms with E-state index in [9.17, 15) is 14.3 Å². The lowest BCUT2D eigenvalue weighted by Gasteiger charge is -2.17. The van der Waals surface area contributed by atoms with Crippen molar-refractivity contribution in [1.82, 2.24) is 0 Å². The summed E-state index contributed by atoms with van der Waals surface area (Å²) < 4.78 is 18.6. The van der Waals surface area contributed by atoms with E-state index in [2.05, 4.69) is 5.92 Å². The zero-order valence-electron chi connectivity index (χ0n) is 11.3. The maximum Gasteiger partial charge on any atom is 0.307 e. The van der Waals surface area contributed by atoms with Crippen LogP contribution in [0.2, 0.25) is 0 Å². The third-order valence-corrected chi connectivity index (χ3v) is 3.56. The van der Waals surface area contributed by atoms with E-state index in [0.717, 1.165) is 0 Å². The number of aliphatic hydroxyl groups is 1. The Hall–Kier alpha value is -1.38. The Balaban J connectivity index is 2.71. The molecule has 1 aliphatic rings. The first-order chi connectivity index (χ1) is 8.77. The monoisotopic (exact) mass is 270 g/mol. The van der Waals surface area contributed by atoms with Gasteiger partial charge >= 0.3 is 5.97 Å². The highest BCUT2D eigenvalue weighted by atomic mass is 19.1. The van der Waals surface area contributed by atoms with E-state index < -0.39 is 41.4 Å². The van der Waals surface area contributed by atoms with Gasteiger partial charge in [0.05, 0.1) is 5.92 Å². The van der Waals surface area contributed by atoms with Gasteiger partial charge < -0.3 is 14.9 Å². The molecule has 1 aliphatic carbocycles. The van der Waals surface area contributed by atoms with Crippen LogP contribution in [-0.4, -0.2) is 28.6 Å². The first kappa shape index (κ1) is 15.7. The maximum absolute atomic E-state index is 13.5. The quantitative estimate of drug-likeness (QED) is 0.572. The topological polar surface area (TPSA) is 66.8 Å². The minimum Gasteiger partial charge on any atom is -0.481 e. The lowest BCUT2D eigenvalue weighted by atomic mass is 10.1. The van der Waals surface area contributed by atoms with Crippen LogP contribution in [-0.2, 0) is 9.53 Å². The molecule has 4 nitrogen and oxygen atoms in total. The molecular weight excluding hydrogens is 251 g/mol. The summed E-state index contributed by atoms with van der Waals surface area (Å²) in [5.74, 6) is -0.843. The van der Waals surface area contributed by atoms with E-state index in [-0.39, 0.29) is 0 Å². The van der Waals surface area contributed by atoms with Gasteiger partial charge in [-0.15, -0.1) is 6.42 Å². The van der Waals surface area contributed by atoms with E-state index in [1.807, 2.05) is 0 Å². The number of carboxylic acid groups (broad SMARTS) is 1. The minimum atomic E-state index is -1.40. The largest absolute Gasteiger partial charge is 0.481 e. The molecule has 0 amide bonds. The van der Waals surface area contributed by atoms with Gasteiger partial charge in [-0.2, -0.15) is 0 Å². The number of allylic oxidation sites excluding steroid dienone is 1. The second-order valence-electron chi connectivity index (χ2n) is 5.23. The average molecular weight is 270 g/mol. The average Bonchev–Trinajstić information content (AvgIpc) is 2.89. The van der Waals surface area contributed by atoms with Crippen molar-refractivity contribution in [1.29, 1.82) is 0 Å². The summed E-state index contributed by atoms with van der Waals surface area (Å²) in [7, 11) is 0. The van der Waals surface area contributed by atoms with Gasteiger partial charge in [-0.25, -0.2) is 4.39 Å². The number of halogens is 1. The Kier molecular flexibility index (Phi) is 4.72. The summed E-state index contributed by atoms with van der Waals surface area (Å²) in [5, 5.41) is 18.9. The Labute approximate surface area is 112 Å². The summed E-state index contributed by atoms with van der Waals surface area (Å²) in [6.07, 6.45) is 4.20. The van der Waals surface area contributed by atoms with Crippen LogP contribution in [0.1, 0.15) is 27.2 Å². The van der Waals surface area contributed by atoms with E-state index in [0.29, 0.717) is 6.42 Å². The lowest BCUT2D eigenvalue weighted by molar-refractivity contribution is -0.147. The van der Waals surface area contributed by atoms with Crippen molar-refractivity contribution in [2.75, 3.05) is 0 Å². The summed E-state index contributed by atoms with van der Waals surface area (Å²) >= 11 is 0. The van der Waals surface area contributed by atoms with Gasteiger partial charge in [0.1, 0.15) is 5.83 Å². The van der Waals surface area contributed by atoms with Crippen molar-refractivity contribution >= 4 is 5.97 Å². The maximum atomic E-state index is 13.5. The summed E-state index contributed by atoms with van der Waals surface area (Å²) in [4.78, 5) is 11.0. The van der Waals surface area contributed by atoms with Crippen LogP contribution in [0.4, 0.5) is 4.39 Å². The second-order valence-corrected chi connectivity index (χ2v) is 5.23. The molecule has 1 saturated carbocycles. The van der Waals surface area contributed by atoms with Crippen LogP contribution < -0.4 is 0 Å². The predicted octanol–water partition coefficient (Wildman–Crippen LogP) is 1.94. The van der Waals surface area contributed by atoms with Crippen molar-refractivity contribution in [2.24, 2.45) is 17.3 Å². The van der Waals surface area contributed by atoms with Crippen molar-refractivity contribution in [3.63, 3.8) is 0 Å². The molecule has 0 aromatic heterocycles. The summed E-state index contributed by atoms with van der Waals surface area (Å²) in [5.41, 5.74) is -0.588. The first-order valence-corrected chi connectivity index (χ1v) is 6.15. The number of terminal acetylenes is 1. The molecule has 19 heavy (non-hydrogen) atoms. The predicted molar refractivity (Wildman–Crippen MR) is 67.6 cm³/mol. The molecule has 4 atom stereocenters. The number of hydrogen-bond acceptors (Lipinski definition) is 3. The zero-order chi connectivity index (χ0) is 14.8. The summed E-state index contributed by atoms with van der Waals surface area (Å²) in [6.45, 7) is 5.17. The molecule has 0 radical (unpaired) electrons. The third kappa shape index (κ3) is 3.14. The number of rotatable bonds is 6. The van der Waals surface area contributed by atoms with Crippen LogP contribution in [0.15, 0.2) is 11.9 Å².